The Kier molecular flexibility index (Phi) is 4.58. The second-order valence-corrected chi connectivity index (χ2v) is 4.40. The van der Waals surface area contributed by atoms with E-state index in [-0.39, 0.29) is 17.7 Å². The highest BCUT2D eigenvalue weighted by Crippen LogP contribution is 2.29. The van der Waals surface area contributed by atoms with E-state index in [0.717, 1.165) is 5.56 Å². The molecule has 0 saturated carbocycles. The van der Waals surface area contributed by atoms with Crippen molar-refractivity contribution < 1.29 is 19.0 Å². The van der Waals surface area contributed by atoms with E-state index in [1.54, 1.807) is 19.2 Å². The predicted molar refractivity (Wildman–Crippen MR) is 74.6 cm³/mol. The zero-order valence-corrected chi connectivity index (χ0v) is 11.5. The summed E-state index contributed by atoms with van der Waals surface area (Å²) in [4.78, 5) is 0. The molecule has 0 saturated heterocycles. The molecule has 0 aliphatic carbocycles. The summed E-state index contributed by atoms with van der Waals surface area (Å²) in [5.74, 6) is 0.272. The van der Waals surface area contributed by atoms with Crippen LogP contribution in [0.15, 0.2) is 42.5 Å². The summed E-state index contributed by atoms with van der Waals surface area (Å²) in [6.45, 7) is 0. The molecule has 1 N–H and O–H groups in total. The minimum atomic E-state index is -0.957. The van der Waals surface area contributed by atoms with Gasteiger partial charge < -0.3 is 14.6 Å². The van der Waals surface area contributed by atoms with E-state index in [0.29, 0.717) is 5.75 Å². The summed E-state index contributed by atoms with van der Waals surface area (Å²) in [7, 11) is 2.96. The number of hydrogen-bond donors (Lipinski definition) is 1. The van der Waals surface area contributed by atoms with Crippen LogP contribution in [0.1, 0.15) is 17.2 Å². The maximum Gasteiger partial charge on any atom is 0.170 e. The third-order valence-electron chi connectivity index (χ3n) is 3.18. The van der Waals surface area contributed by atoms with Gasteiger partial charge in [-0.3, -0.25) is 0 Å². The zero-order valence-electron chi connectivity index (χ0n) is 11.5. The second-order valence-electron chi connectivity index (χ2n) is 4.40. The summed E-state index contributed by atoms with van der Waals surface area (Å²) in [5, 5.41) is 10.2. The van der Waals surface area contributed by atoms with Crippen molar-refractivity contribution in [3.05, 3.63) is 59.4 Å². The number of halogens is 1. The van der Waals surface area contributed by atoms with Crippen LogP contribution in [-0.4, -0.2) is 19.3 Å². The molecule has 0 aromatic heterocycles. The highest BCUT2D eigenvalue weighted by Gasteiger charge is 2.18. The van der Waals surface area contributed by atoms with Crippen LogP contribution >= 0.6 is 0 Å². The quantitative estimate of drug-likeness (QED) is 0.912. The van der Waals surface area contributed by atoms with Crippen LogP contribution in [0.5, 0.6) is 11.5 Å². The Morgan fingerprint density at radius 1 is 1.00 bits per heavy atom. The Bertz CT molecular complexity index is 584. The second kappa shape index (κ2) is 6.39. The molecule has 2 aromatic carbocycles. The number of aliphatic hydroxyl groups is 1. The molecule has 1 atom stereocenters. The lowest BCUT2D eigenvalue weighted by Gasteiger charge is -2.15. The van der Waals surface area contributed by atoms with Gasteiger partial charge in [0.1, 0.15) is 5.75 Å². The first kappa shape index (κ1) is 14.3. The number of rotatable bonds is 5. The highest BCUT2D eigenvalue weighted by molar-refractivity contribution is 5.37. The predicted octanol–water partition coefficient (Wildman–Crippen LogP) is 3.12. The average Bonchev–Trinajstić information content (AvgIpc) is 2.48. The SMILES string of the molecule is COc1ccccc1CC(O)c1cccc(OC)c1F. The van der Waals surface area contributed by atoms with E-state index in [2.05, 4.69) is 0 Å². The highest BCUT2D eigenvalue weighted by atomic mass is 19.1. The van der Waals surface area contributed by atoms with Gasteiger partial charge in [0, 0.05) is 12.0 Å². The first-order valence-corrected chi connectivity index (χ1v) is 6.29. The molecule has 2 aromatic rings. The van der Waals surface area contributed by atoms with Crippen LogP contribution in [0, 0.1) is 5.82 Å². The smallest absolute Gasteiger partial charge is 0.170 e. The van der Waals surface area contributed by atoms with Gasteiger partial charge in [0.05, 0.1) is 20.3 Å². The third kappa shape index (κ3) is 2.91. The largest absolute Gasteiger partial charge is 0.496 e. The summed E-state index contributed by atoms with van der Waals surface area (Å²) in [6, 6.07) is 12.1. The fourth-order valence-electron chi connectivity index (χ4n) is 2.13. The fourth-order valence-corrected chi connectivity index (χ4v) is 2.13. The third-order valence-corrected chi connectivity index (χ3v) is 3.18. The lowest BCUT2D eigenvalue weighted by Crippen LogP contribution is -2.06. The monoisotopic (exact) mass is 276 g/mol. The maximum absolute atomic E-state index is 14.1. The summed E-state index contributed by atoms with van der Waals surface area (Å²) < 4.78 is 24.2. The summed E-state index contributed by atoms with van der Waals surface area (Å²) in [6.07, 6.45) is -0.685. The fraction of sp³-hybridized carbons (Fsp3) is 0.250. The van der Waals surface area contributed by atoms with E-state index >= 15 is 0 Å². The molecule has 0 aliphatic rings. The lowest BCUT2D eigenvalue weighted by atomic mass is 10.00. The number of hydrogen-bond acceptors (Lipinski definition) is 3. The number of para-hydroxylation sites is 1. The Morgan fingerprint density at radius 2 is 1.65 bits per heavy atom. The van der Waals surface area contributed by atoms with Crippen molar-refractivity contribution in [3.8, 4) is 11.5 Å². The van der Waals surface area contributed by atoms with Crippen LogP contribution in [0.2, 0.25) is 0 Å². The molecule has 0 radical (unpaired) electrons. The van der Waals surface area contributed by atoms with Gasteiger partial charge >= 0.3 is 0 Å². The van der Waals surface area contributed by atoms with Crippen LogP contribution < -0.4 is 9.47 Å². The van der Waals surface area contributed by atoms with Crippen molar-refractivity contribution >= 4 is 0 Å². The molecular formula is C16H17FO3. The Labute approximate surface area is 117 Å². The van der Waals surface area contributed by atoms with Crippen LogP contribution in [0.25, 0.3) is 0 Å². The van der Waals surface area contributed by atoms with E-state index < -0.39 is 11.9 Å². The first-order valence-electron chi connectivity index (χ1n) is 6.29. The van der Waals surface area contributed by atoms with E-state index in [4.69, 9.17) is 9.47 Å². The molecule has 3 nitrogen and oxygen atoms in total. The maximum atomic E-state index is 14.1. The molecule has 106 valence electrons. The van der Waals surface area contributed by atoms with Crippen LogP contribution in [-0.2, 0) is 6.42 Å². The molecule has 4 heteroatoms. The topological polar surface area (TPSA) is 38.7 Å². The molecular weight excluding hydrogens is 259 g/mol. The van der Waals surface area contributed by atoms with Gasteiger partial charge in [-0.05, 0) is 17.7 Å². The van der Waals surface area contributed by atoms with Gasteiger partial charge in [0.2, 0.25) is 0 Å². The average molecular weight is 276 g/mol. The number of aliphatic hydroxyl groups excluding tert-OH is 1. The van der Waals surface area contributed by atoms with Gasteiger partial charge in [0.15, 0.2) is 11.6 Å². The van der Waals surface area contributed by atoms with Crippen molar-refractivity contribution in [3.63, 3.8) is 0 Å². The van der Waals surface area contributed by atoms with Gasteiger partial charge in [-0.25, -0.2) is 4.39 Å². The number of methoxy groups -OCH3 is 2. The van der Waals surface area contributed by atoms with Gasteiger partial charge in [-0.1, -0.05) is 30.3 Å². The minimum Gasteiger partial charge on any atom is -0.496 e. The number of ether oxygens (including phenoxy) is 2. The van der Waals surface area contributed by atoms with Crippen molar-refractivity contribution in [2.24, 2.45) is 0 Å². The van der Waals surface area contributed by atoms with Crippen LogP contribution in [0.3, 0.4) is 0 Å². The summed E-state index contributed by atoms with van der Waals surface area (Å²) in [5.41, 5.74) is 1.04. The van der Waals surface area contributed by atoms with Gasteiger partial charge in [0.25, 0.3) is 0 Å². The molecule has 2 rings (SSSR count). The van der Waals surface area contributed by atoms with Crippen LogP contribution in [0.4, 0.5) is 4.39 Å². The molecule has 0 fully saturated rings. The minimum absolute atomic E-state index is 0.126. The Morgan fingerprint density at radius 3 is 2.35 bits per heavy atom. The molecule has 1 unspecified atom stereocenters. The Hall–Kier alpha value is -2.07. The standard InChI is InChI=1S/C16H17FO3/c1-19-14-8-4-3-6-11(14)10-13(18)12-7-5-9-15(20-2)16(12)17/h3-9,13,18H,10H2,1-2H3. The van der Waals surface area contributed by atoms with Crippen molar-refractivity contribution in [2.45, 2.75) is 12.5 Å². The molecule has 0 bridgehead atoms. The molecule has 0 aliphatic heterocycles. The lowest BCUT2D eigenvalue weighted by molar-refractivity contribution is 0.171. The van der Waals surface area contributed by atoms with Crippen molar-refractivity contribution in [2.75, 3.05) is 14.2 Å². The van der Waals surface area contributed by atoms with E-state index in [1.165, 1.54) is 13.2 Å². The van der Waals surface area contributed by atoms with E-state index in [9.17, 15) is 9.50 Å². The molecule has 0 amide bonds. The Balaban J connectivity index is 2.26. The van der Waals surface area contributed by atoms with Gasteiger partial charge in [-0.2, -0.15) is 0 Å². The summed E-state index contributed by atoms with van der Waals surface area (Å²) >= 11 is 0. The number of benzene rings is 2. The van der Waals surface area contributed by atoms with E-state index in [1.807, 2.05) is 24.3 Å². The molecule has 0 heterocycles. The molecule has 0 spiro atoms. The zero-order chi connectivity index (χ0) is 14.5. The first-order chi connectivity index (χ1) is 9.67. The van der Waals surface area contributed by atoms with Crippen molar-refractivity contribution in [1.82, 2.24) is 0 Å². The molecule has 20 heavy (non-hydrogen) atoms. The van der Waals surface area contributed by atoms with Gasteiger partial charge in [-0.15, -0.1) is 0 Å². The van der Waals surface area contributed by atoms with Crippen molar-refractivity contribution in [1.29, 1.82) is 0 Å². The normalized spacial score (nSPS) is 12.0.